The molecule has 44 heavy (non-hydrogen) atoms. The van der Waals surface area contributed by atoms with Crippen molar-refractivity contribution in [1.29, 1.82) is 0 Å². The molecule has 0 N–H and O–H groups in total. The van der Waals surface area contributed by atoms with E-state index in [1.54, 1.807) is 47.4 Å². The number of rotatable bonds is 11. The fourth-order valence-corrected chi connectivity index (χ4v) is 5.49. The minimum Gasteiger partial charge on any atom is -0.489 e. The van der Waals surface area contributed by atoms with Crippen molar-refractivity contribution in [2.24, 2.45) is 0 Å². The second kappa shape index (κ2) is 13.8. The zero-order chi connectivity index (χ0) is 31.4. The highest BCUT2D eigenvalue weighted by atomic mass is 35.5. The Balaban J connectivity index is 1.49. The number of nitrogens with zero attached hydrogens (tertiary/aromatic N) is 3. The van der Waals surface area contributed by atoms with Gasteiger partial charge >= 0.3 is 5.69 Å². The van der Waals surface area contributed by atoms with Gasteiger partial charge in [0, 0.05) is 25.2 Å². The summed E-state index contributed by atoms with van der Waals surface area (Å²) in [5, 5.41) is 0.804. The highest BCUT2D eigenvalue weighted by Crippen LogP contribution is 2.29. The number of aromatic nitrogens is 2. The van der Waals surface area contributed by atoms with E-state index >= 15 is 4.39 Å². The molecule has 0 aliphatic carbocycles. The molecule has 4 aromatic rings. The number of piperidine rings is 1. The van der Waals surface area contributed by atoms with Gasteiger partial charge in [0.1, 0.15) is 25.7 Å². The zero-order valence-corrected chi connectivity index (χ0v) is 24.9. The molecule has 3 aromatic carbocycles. The van der Waals surface area contributed by atoms with Gasteiger partial charge in [-0.25, -0.2) is 18.0 Å². The van der Waals surface area contributed by atoms with E-state index in [1.165, 1.54) is 4.57 Å². The van der Waals surface area contributed by atoms with Crippen molar-refractivity contribution in [3.05, 3.63) is 102 Å². The summed E-state index contributed by atoms with van der Waals surface area (Å²) in [6, 6.07) is 13.6. The first-order chi connectivity index (χ1) is 21.2. The van der Waals surface area contributed by atoms with Gasteiger partial charge in [0.05, 0.1) is 27.5 Å². The molecule has 0 spiro atoms. The number of alkyl halides is 2. The fourth-order valence-electron chi connectivity index (χ4n) is 5.16. The van der Waals surface area contributed by atoms with Crippen LogP contribution in [-0.4, -0.2) is 53.0 Å². The van der Waals surface area contributed by atoms with Crippen LogP contribution in [0.25, 0.3) is 10.9 Å². The van der Waals surface area contributed by atoms with E-state index in [0.717, 1.165) is 28.7 Å². The average molecular weight is 650 g/mol. The molecule has 13 heteroatoms. The Bertz CT molecular complexity index is 1770. The first-order valence-corrected chi connectivity index (χ1v) is 14.6. The van der Waals surface area contributed by atoms with Crippen LogP contribution < -0.4 is 20.7 Å². The average Bonchev–Trinajstić information content (AvgIpc) is 3.04. The molecular weight excluding hydrogens is 622 g/mol. The molecule has 232 valence electrons. The van der Waals surface area contributed by atoms with E-state index in [1.807, 2.05) is 0 Å². The number of amides is 1. The number of carbonyl (C=O) groups is 1. The predicted molar refractivity (Wildman–Crippen MR) is 161 cm³/mol. The van der Waals surface area contributed by atoms with Crippen molar-refractivity contribution in [2.75, 3.05) is 26.4 Å². The maximum absolute atomic E-state index is 15.1. The van der Waals surface area contributed by atoms with Crippen molar-refractivity contribution in [3.63, 3.8) is 0 Å². The standard InChI is InChI=1S/C31H28Cl2F3N3O5/c32-25-6-3-20(11-26(25)33)17-43-22-4-1-19(2-5-22)16-38-30(41)24-12-29(44-23(14-34)15-35)27(36)13-28(24)39(31(38)42)21-7-9-37(18-40)10-8-21/h1-6,11-13,18,21,23H,7-10,14-17H2. The Morgan fingerprint density at radius 3 is 2.25 bits per heavy atom. The maximum Gasteiger partial charge on any atom is 0.332 e. The summed E-state index contributed by atoms with van der Waals surface area (Å²) >= 11 is 12.0. The Hall–Kier alpha value is -3.96. The summed E-state index contributed by atoms with van der Waals surface area (Å²) in [6.07, 6.45) is -0.00344. The van der Waals surface area contributed by atoms with E-state index in [-0.39, 0.29) is 24.1 Å². The molecular formula is C31H28Cl2F3N3O5. The predicted octanol–water partition coefficient (Wildman–Crippen LogP) is 5.72. The Morgan fingerprint density at radius 1 is 0.932 bits per heavy atom. The third-order valence-corrected chi connectivity index (χ3v) is 8.27. The highest BCUT2D eigenvalue weighted by Gasteiger charge is 2.26. The van der Waals surface area contributed by atoms with Gasteiger partial charge in [-0.05, 0) is 54.3 Å². The van der Waals surface area contributed by atoms with E-state index in [4.69, 9.17) is 32.7 Å². The summed E-state index contributed by atoms with van der Waals surface area (Å²) in [7, 11) is 0. The fraction of sp³-hybridized carbons (Fsp3) is 0.323. The SMILES string of the molecule is O=CN1CCC(n2c(=O)n(Cc3ccc(OCc4ccc(Cl)c(Cl)c4)cc3)c(=O)c3cc(OC(CF)CF)c(F)cc32)CC1. The molecule has 0 saturated carbocycles. The number of benzene rings is 3. The van der Waals surface area contributed by atoms with Gasteiger partial charge in [-0.15, -0.1) is 0 Å². The molecule has 1 amide bonds. The van der Waals surface area contributed by atoms with Crippen molar-refractivity contribution >= 4 is 40.5 Å². The van der Waals surface area contributed by atoms with Crippen molar-refractivity contribution in [3.8, 4) is 11.5 Å². The summed E-state index contributed by atoms with van der Waals surface area (Å²) < 4.78 is 54.8. The summed E-state index contributed by atoms with van der Waals surface area (Å²) in [5.74, 6) is -0.917. The van der Waals surface area contributed by atoms with Crippen molar-refractivity contribution < 1.29 is 27.4 Å². The van der Waals surface area contributed by atoms with Crippen LogP contribution in [-0.2, 0) is 17.9 Å². The minimum absolute atomic E-state index is 0.0359. The van der Waals surface area contributed by atoms with Crippen molar-refractivity contribution in [2.45, 2.75) is 38.1 Å². The van der Waals surface area contributed by atoms with Gasteiger partial charge in [0.2, 0.25) is 6.41 Å². The number of halogens is 5. The molecule has 0 atom stereocenters. The van der Waals surface area contributed by atoms with Gasteiger partial charge in [-0.3, -0.25) is 18.7 Å². The monoisotopic (exact) mass is 649 g/mol. The van der Waals surface area contributed by atoms with E-state index in [0.29, 0.717) is 47.3 Å². The van der Waals surface area contributed by atoms with Gasteiger partial charge in [-0.2, -0.15) is 0 Å². The summed E-state index contributed by atoms with van der Waals surface area (Å²) in [6.45, 7) is -1.51. The largest absolute Gasteiger partial charge is 0.489 e. The lowest BCUT2D eigenvalue weighted by Crippen LogP contribution is -2.44. The van der Waals surface area contributed by atoms with Crippen molar-refractivity contribution in [1.82, 2.24) is 14.0 Å². The molecule has 0 bridgehead atoms. The molecule has 8 nitrogen and oxygen atoms in total. The lowest BCUT2D eigenvalue weighted by atomic mass is 10.0. The van der Waals surface area contributed by atoms with Crippen LogP contribution in [0.2, 0.25) is 10.0 Å². The minimum atomic E-state index is -1.54. The smallest absolute Gasteiger partial charge is 0.332 e. The number of hydrogen-bond donors (Lipinski definition) is 0. The number of carbonyl (C=O) groups excluding carboxylic acids is 1. The van der Waals surface area contributed by atoms with Gasteiger partial charge in [-0.1, -0.05) is 41.4 Å². The third-order valence-electron chi connectivity index (χ3n) is 7.53. The Labute approximate surface area is 260 Å². The quantitative estimate of drug-likeness (QED) is 0.194. The number of hydrogen-bond acceptors (Lipinski definition) is 5. The Kier molecular flexibility index (Phi) is 9.85. The lowest BCUT2D eigenvalue weighted by molar-refractivity contribution is -0.119. The van der Waals surface area contributed by atoms with E-state index in [9.17, 15) is 23.2 Å². The Morgan fingerprint density at radius 2 is 1.61 bits per heavy atom. The first kappa shape index (κ1) is 31.5. The molecule has 1 fully saturated rings. The maximum atomic E-state index is 15.1. The van der Waals surface area contributed by atoms with Crippen LogP contribution >= 0.6 is 23.2 Å². The number of ether oxygens (including phenoxy) is 2. The molecule has 1 aliphatic heterocycles. The van der Waals surface area contributed by atoms with Crippen LogP contribution in [0.4, 0.5) is 13.2 Å². The van der Waals surface area contributed by atoms with Gasteiger partial charge in [0.15, 0.2) is 17.7 Å². The molecule has 1 aliphatic rings. The molecule has 0 unspecified atom stereocenters. The lowest BCUT2D eigenvalue weighted by Gasteiger charge is -2.31. The van der Waals surface area contributed by atoms with Crippen LogP contribution in [0.3, 0.4) is 0 Å². The molecule has 1 saturated heterocycles. The highest BCUT2D eigenvalue weighted by molar-refractivity contribution is 6.42. The van der Waals surface area contributed by atoms with Gasteiger partial charge < -0.3 is 14.4 Å². The third kappa shape index (κ3) is 6.73. The number of likely N-dealkylation sites (tertiary alicyclic amines) is 1. The molecule has 0 radical (unpaired) electrons. The molecule has 5 rings (SSSR count). The number of fused-ring (bicyclic) bond motifs is 1. The zero-order valence-electron chi connectivity index (χ0n) is 23.4. The first-order valence-electron chi connectivity index (χ1n) is 13.8. The topological polar surface area (TPSA) is 82.8 Å². The van der Waals surface area contributed by atoms with Crippen LogP contribution in [0, 0.1) is 5.82 Å². The second-order valence-corrected chi connectivity index (χ2v) is 11.3. The van der Waals surface area contributed by atoms with E-state index < -0.39 is 48.3 Å². The molecule has 2 heterocycles. The van der Waals surface area contributed by atoms with Crippen LogP contribution in [0.5, 0.6) is 11.5 Å². The normalized spacial score (nSPS) is 13.9. The van der Waals surface area contributed by atoms with Crippen LogP contribution in [0.15, 0.2) is 64.2 Å². The second-order valence-electron chi connectivity index (χ2n) is 10.4. The van der Waals surface area contributed by atoms with Crippen LogP contribution in [0.1, 0.15) is 30.0 Å². The summed E-state index contributed by atoms with van der Waals surface area (Å²) in [4.78, 5) is 40.3. The van der Waals surface area contributed by atoms with Gasteiger partial charge in [0.25, 0.3) is 5.56 Å². The summed E-state index contributed by atoms with van der Waals surface area (Å²) in [5.41, 5.74) is 0.101. The van der Waals surface area contributed by atoms with E-state index in [2.05, 4.69) is 0 Å². The molecule has 1 aromatic heterocycles.